The Morgan fingerprint density at radius 2 is 2.08 bits per heavy atom. The molecule has 1 amide bonds. The molecule has 1 N–H and O–H groups in total. The Labute approximate surface area is 154 Å². The van der Waals surface area contributed by atoms with Crippen LogP contribution in [0.3, 0.4) is 0 Å². The van der Waals surface area contributed by atoms with E-state index in [0.29, 0.717) is 10.8 Å². The third kappa shape index (κ3) is 5.17. The number of nitrogens with one attached hydrogen (secondary N) is 1. The highest BCUT2D eigenvalue weighted by atomic mass is 35.5. The van der Waals surface area contributed by atoms with E-state index in [9.17, 15) is 9.59 Å². The number of halogens is 1. The summed E-state index contributed by atoms with van der Waals surface area (Å²) in [6, 6.07) is 0. The molecule has 134 valence electrons. The maximum absolute atomic E-state index is 12.3. The van der Waals surface area contributed by atoms with E-state index < -0.39 is 11.3 Å². The Morgan fingerprint density at radius 3 is 2.72 bits per heavy atom. The number of nitrogens with zero attached hydrogens (tertiary/aromatic N) is 4. The van der Waals surface area contributed by atoms with Crippen molar-refractivity contribution in [2.45, 2.75) is 32.7 Å². The molecule has 2 aromatic heterocycles. The predicted octanol–water partition coefficient (Wildman–Crippen LogP) is 2.85. The third-order valence-corrected chi connectivity index (χ3v) is 3.79. The first kappa shape index (κ1) is 19.2. The lowest BCUT2D eigenvalue weighted by Gasteiger charge is -2.16. The van der Waals surface area contributed by atoms with Crippen LogP contribution in [-0.4, -0.2) is 37.9 Å². The van der Waals surface area contributed by atoms with Gasteiger partial charge in [-0.3, -0.25) is 9.59 Å². The van der Waals surface area contributed by atoms with Crippen LogP contribution in [0.5, 0.6) is 0 Å². The number of amides is 1. The van der Waals surface area contributed by atoms with Crippen molar-refractivity contribution in [2.75, 3.05) is 11.6 Å². The molecule has 2 rings (SSSR count). The molecule has 0 saturated carbocycles. The smallest absolute Gasteiger partial charge is 0.313 e. The summed E-state index contributed by atoms with van der Waals surface area (Å²) >= 11 is 7.28. The minimum Gasteiger partial charge on any atom is -0.442 e. The van der Waals surface area contributed by atoms with Crippen LogP contribution in [-0.2, 0) is 16.3 Å². The SMILES string of the molecule is CSc1ncc(Cl)c(C(=O)Nc2cnn(COC(=O)C(C)(C)C)c2)n1. The molecule has 8 nitrogen and oxygen atoms in total. The van der Waals surface area contributed by atoms with Crippen molar-refractivity contribution in [2.24, 2.45) is 5.41 Å². The molecule has 0 atom stereocenters. The van der Waals surface area contributed by atoms with E-state index in [0.717, 1.165) is 0 Å². The second-order valence-corrected chi connectivity index (χ2v) is 7.27. The van der Waals surface area contributed by atoms with E-state index in [2.05, 4.69) is 20.4 Å². The topological polar surface area (TPSA) is 99.0 Å². The molecule has 0 aromatic carbocycles. The summed E-state index contributed by atoms with van der Waals surface area (Å²) in [6.45, 7) is 5.24. The fraction of sp³-hybridized carbons (Fsp3) is 0.400. The average molecular weight is 384 g/mol. The highest BCUT2D eigenvalue weighted by Gasteiger charge is 2.23. The zero-order valence-corrected chi connectivity index (χ0v) is 15.8. The number of hydrogen-bond acceptors (Lipinski definition) is 7. The molecule has 0 spiro atoms. The average Bonchev–Trinajstić information content (AvgIpc) is 2.99. The first-order valence-electron chi connectivity index (χ1n) is 7.28. The van der Waals surface area contributed by atoms with E-state index in [1.54, 1.807) is 33.2 Å². The van der Waals surface area contributed by atoms with Gasteiger partial charge in [-0.1, -0.05) is 23.4 Å². The summed E-state index contributed by atoms with van der Waals surface area (Å²) in [7, 11) is 0. The maximum Gasteiger partial charge on any atom is 0.313 e. The van der Waals surface area contributed by atoms with E-state index >= 15 is 0 Å². The molecule has 10 heteroatoms. The molecule has 0 unspecified atom stereocenters. The maximum atomic E-state index is 12.3. The number of anilines is 1. The third-order valence-electron chi connectivity index (χ3n) is 2.95. The molecular formula is C15H18ClN5O3S. The van der Waals surface area contributed by atoms with Crippen molar-refractivity contribution < 1.29 is 14.3 Å². The number of aromatic nitrogens is 4. The van der Waals surface area contributed by atoms with Gasteiger partial charge in [0.1, 0.15) is 0 Å². The molecule has 25 heavy (non-hydrogen) atoms. The first-order chi connectivity index (χ1) is 11.7. The number of thioether (sulfide) groups is 1. The molecule has 2 heterocycles. The Hall–Kier alpha value is -2.13. The van der Waals surface area contributed by atoms with Gasteiger partial charge in [-0.15, -0.1) is 0 Å². The number of ether oxygens (including phenoxy) is 1. The van der Waals surface area contributed by atoms with Gasteiger partial charge in [0.05, 0.1) is 34.7 Å². The Balaban J connectivity index is 2.01. The Bertz CT molecular complexity index is 788. The monoisotopic (exact) mass is 383 g/mol. The molecule has 0 aliphatic rings. The van der Waals surface area contributed by atoms with Gasteiger partial charge < -0.3 is 10.1 Å². The number of rotatable bonds is 5. The van der Waals surface area contributed by atoms with Crippen molar-refractivity contribution >= 4 is 40.9 Å². The fourth-order valence-electron chi connectivity index (χ4n) is 1.64. The largest absolute Gasteiger partial charge is 0.442 e. The van der Waals surface area contributed by atoms with Crippen molar-refractivity contribution in [1.29, 1.82) is 0 Å². The van der Waals surface area contributed by atoms with Crippen LogP contribution in [0, 0.1) is 5.41 Å². The molecule has 2 aromatic rings. The zero-order valence-electron chi connectivity index (χ0n) is 14.2. The van der Waals surface area contributed by atoms with Crippen molar-refractivity contribution in [3.8, 4) is 0 Å². The van der Waals surface area contributed by atoms with Crippen molar-refractivity contribution in [1.82, 2.24) is 19.7 Å². The van der Waals surface area contributed by atoms with Crippen LogP contribution < -0.4 is 5.32 Å². The highest BCUT2D eigenvalue weighted by molar-refractivity contribution is 7.98. The summed E-state index contributed by atoms with van der Waals surface area (Å²) in [5, 5.41) is 7.27. The lowest BCUT2D eigenvalue weighted by molar-refractivity contribution is -0.157. The lowest BCUT2D eigenvalue weighted by atomic mass is 9.98. The second kappa shape index (κ2) is 7.83. The van der Waals surface area contributed by atoms with Gasteiger partial charge in [-0.25, -0.2) is 14.6 Å². The standard InChI is InChI=1S/C15H18ClN5O3S/c1-15(2,3)13(23)24-8-21-7-9(5-18-21)19-12(22)11-10(16)6-17-14(20-11)25-4/h5-7H,8H2,1-4H3,(H,19,22). The molecule has 0 saturated heterocycles. The minimum atomic E-state index is -0.594. The Morgan fingerprint density at radius 1 is 1.36 bits per heavy atom. The van der Waals surface area contributed by atoms with Gasteiger partial charge >= 0.3 is 5.97 Å². The minimum absolute atomic E-state index is 0.0448. The second-order valence-electron chi connectivity index (χ2n) is 6.09. The molecule has 0 fully saturated rings. The molecule has 0 radical (unpaired) electrons. The van der Waals surface area contributed by atoms with Gasteiger partial charge in [0.25, 0.3) is 5.91 Å². The first-order valence-corrected chi connectivity index (χ1v) is 8.88. The van der Waals surface area contributed by atoms with Gasteiger partial charge in [0.2, 0.25) is 0 Å². The quantitative estimate of drug-likeness (QED) is 0.481. The summed E-state index contributed by atoms with van der Waals surface area (Å²) in [5.41, 5.74) is -0.0896. The van der Waals surface area contributed by atoms with Gasteiger partial charge in [0, 0.05) is 0 Å². The van der Waals surface area contributed by atoms with Crippen LogP contribution in [0.1, 0.15) is 31.3 Å². The normalized spacial score (nSPS) is 11.2. The highest BCUT2D eigenvalue weighted by Crippen LogP contribution is 2.18. The molecule has 0 aliphatic carbocycles. The van der Waals surface area contributed by atoms with Crippen LogP contribution in [0.15, 0.2) is 23.7 Å². The van der Waals surface area contributed by atoms with E-state index in [1.807, 2.05) is 0 Å². The molecular weight excluding hydrogens is 366 g/mol. The molecule has 0 bridgehead atoms. The van der Waals surface area contributed by atoms with Crippen LogP contribution in [0.2, 0.25) is 5.02 Å². The van der Waals surface area contributed by atoms with Crippen molar-refractivity contribution in [3.05, 3.63) is 29.3 Å². The summed E-state index contributed by atoms with van der Waals surface area (Å²) in [4.78, 5) is 32.1. The summed E-state index contributed by atoms with van der Waals surface area (Å²) in [5.74, 6) is -0.820. The number of carbonyl (C=O) groups is 2. The van der Waals surface area contributed by atoms with Crippen LogP contribution in [0.25, 0.3) is 0 Å². The number of hydrogen-bond donors (Lipinski definition) is 1. The van der Waals surface area contributed by atoms with Gasteiger partial charge in [0.15, 0.2) is 17.6 Å². The fourth-order valence-corrected chi connectivity index (χ4v) is 2.16. The Kier molecular flexibility index (Phi) is 6.02. The van der Waals surface area contributed by atoms with Crippen molar-refractivity contribution in [3.63, 3.8) is 0 Å². The summed E-state index contributed by atoms with van der Waals surface area (Å²) in [6.07, 6.45) is 6.16. The van der Waals surface area contributed by atoms with Crippen LogP contribution >= 0.6 is 23.4 Å². The molecule has 0 aliphatic heterocycles. The van der Waals surface area contributed by atoms with E-state index in [4.69, 9.17) is 16.3 Å². The van der Waals surface area contributed by atoms with Gasteiger partial charge in [-0.05, 0) is 27.0 Å². The van der Waals surface area contributed by atoms with E-state index in [1.165, 1.54) is 28.8 Å². The number of carbonyl (C=O) groups excluding carboxylic acids is 2. The lowest BCUT2D eigenvalue weighted by Crippen LogP contribution is -2.24. The van der Waals surface area contributed by atoms with Gasteiger partial charge in [-0.2, -0.15) is 5.10 Å². The zero-order chi connectivity index (χ0) is 18.6. The number of esters is 1. The van der Waals surface area contributed by atoms with Crippen LogP contribution in [0.4, 0.5) is 5.69 Å². The van der Waals surface area contributed by atoms with E-state index in [-0.39, 0.29) is 23.4 Å². The summed E-state index contributed by atoms with van der Waals surface area (Å²) < 4.78 is 6.55. The predicted molar refractivity (Wildman–Crippen MR) is 94.6 cm³/mol.